The number of nitrogens with zero attached hydrogens (tertiary/aromatic N) is 4. The van der Waals surface area contributed by atoms with Gasteiger partial charge in [-0.3, -0.25) is 4.79 Å². The quantitative estimate of drug-likeness (QED) is 0.391. The second kappa shape index (κ2) is 10.1. The summed E-state index contributed by atoms with van der Waals surface area (Å²) in [5, 5.41) is 15.2. The molecule has 0 aliphatic carbocycles. The number of aromatic nitrogens is 4. The number of benzene rings is 3. The van der Waals surface area contributed by atoms with E-state index in [1.807, 2.05) is 92.7 Å². The van der Waals surface area contributed by atoms with E-state index in [0.29, 0.717) is 23.2 Å². The van der Waals surface area contributed by atoms with Gasteiger partial charge >= 0.3 is 0 Å². The summed E-state index contributed by atoms with van der Waals surface area (Å²) < 4.78 is 7.33. The maximum atomic E-state index is 13.4. The Balaban J connectivity index is 1.66. The summed E-state index contributed by atoms with van der Waals surface area (Å²) in [5.74, 6) is 0.442. The van der Waals surface area contributed by atoms with Gasteiger partial charge < -0.3 is 10.1 Å². The van der Waals surface area contributed by atoms with E-state index in [1.165, 1.54) is 11.8 Å². The van der Waals surface area contributed by atoms with E-state index in [-0.39, 0.29) is 5.91 Å². The maximum absolute atomic E-state index is 13.4. The lowest BCUT2D eigenvalue weighted by Gasteiger charge is -2.18. The van der Waals surface area contributed by atoms with Crippen LogP contribution in [0.3, 0.4) is 0 Å². The summed E-state index contributed by atoms with van der Waals surface area (Å²) in [6, 6.07) is 24.8. The van der Waals surface area contributed by atoms with Crippen LogP contribution in [-0.4, -0.2) is 32.7 Å². The van der Waals surface area contributed by atoms with Crippen molar-refractivity contribution in [3.8, 4) is 11.4 Å². The summed E-state index contributed by atoms with van der Waals surface area (Å²) in [7, 11) is 0. The number of nitrogens with one attached hydrogen (secondary N) is 1. The van der Waals surface area contributed by atoms with E-state index in [4.69, 9.17) is 4.74 Å². The third kappa shape index (κ3) is 4.81. The largest absolute Gasteiger partial charge is 0.492 e. The minimum atomic E-state index is -0.570. The molecule has 0 fully saturated rings. The van der Waals surface area contributed by atoms with E-state index >= 15 is 0 Å². The Morgan fingerprint density at radius 1 is 1.03 bits per heavy atom. The SMILES string of the molecule is CCOc1ccccc1NC(=O)C(Sc1nnnn1-c1ccccc1C)c1ccccc1. The van der Waals surface area contributed by atoms with Crippen LogP contribution in [0.2, 0.25) is 0 Å². The Bertz CT molecular complexity index is 1200. The first-order valence-electron chi connectivity index (χ1n) is 10.3. The molecule has 1 atom stereocenters. The zero-order valence-electron chi connectivity index (χ0n) is 17.8. The van der Waals surface area contributed by atoms with Crippen molar-refractivity contribution in [2.45, 2.75) is 24.3 Å². The van der Waals surface area contributed by atoms with Gasteiger partial charge in [0.25, 0.3) is 0 Å². The molecule has 0 saturated carbocycles. The summed E-state index contributed by atoms with van der Waals surface area (Å²) in [5.41, 5.74) is 3.38. The number of ether oxygens (including phenoxy) is 1. The van der Waals surface area contributed by atoms with Crippen LogP contribution in [0.1, 0.15) is 23.3 Å². The van der Waals surface area contributed by atoms with Crippen molar-refractivity contribution < 1.29 is 9.53 Å². The van der Waals surface area contributed by atoms with Crippen LogP contribution in [-0.2, 0) is 4.79 Å². The number of carbonyl (C=O) groups is 1. The molecule has 0 radical (unpaired) electrons. The van der Waals surface area contributed by atoms with Crippen molar-refractivity contribution >= 4 is 23.4 Å². The highest BCUT2D eigenvalue weighted by molar-refractivity contribution is 8.00. The highest BCUT2D eigenvalue weighted by Crippen LogP contribution is 2.37. The third-order valence-electron chi connectivity index (χ3n) is 4.79. The molecule has 1 amide bonds. The highest BCUT2D eigenvalue weighted by Gasteiger charge is 2.26. The zero-order valence-corrected chi connectivity index (χ0v) is 18.6. The number of thioether (sulfide) groups is 1. The van der Waals surface area contributed by atoms with Crippen molar-refractivity contribution in [3.05, 3.63) is 90.0 Å². The van der Waals surface area contributed by atoms with Crippen molar-refractivity contribution in [2.24, 2.45) is 0 Å². The number of tetrazole rings is 1. The highest BCUT2D eigenvalue weighted by atomic mass is 32.2. The van der Waals surface area contributed by atoms with Crippen molar-refractivity contribution in [1.29, 1.82) is 0 Å². The monoisotopic (exact) mass is 445 g/mol. The number of anilines is 1. The molecule has 8 heteroatoms. The molecule has 0 bridgehead atoms. The van der Waals surface area contributed by atoms with Gasteiger partial charge in [-0.2, -0.15) is 4.68 Å². The predicted molar refractivity (Wildman–Crippen MR) is 125 cm³/mol. The molecule has 1 heterocycles. The van der Waals surface area contributed by atoms with Gasteiger partial charge in [-0.15, -0.1) is 5.10 Å². The molecule has 3 aromatic carbocycles. The molecule has 7 nitrogen and oxygen atoms in total. The van der Waals surface area contributed by atoms with Crippen LogP contribution in [0.15, 0.2) is 84.0 Å². The van der Waals surface area contributed by atoms with E-state index in [1.54, 1.807) is 4.68 Å². The topological polar surface area (TPSA) is 81.9 Å². The summed E-state index contributed by atoms with van der Waals surface area (Å²) >= 11 is 1.30. The minimum Gasteiger partial charge on any atom is -0.492 e. The number of para-hydroxylation sites is 3. The second-order valence-electron chi connectivity index (χ2n) is 6.99. The molecule has 0 aliphatic rings. The van der Waals surface area contributed by atoms with E-state index < -0.39 is 5.25 Å². The zero-order chi connectivity index (χ0) is 22.3. The Kier molecular flexibility index (Phi) is 6.81. The number of rotatable bonds is 8. The lowest BCUT2D eigenvalue weighted by molar-refractivity contribution is -0.115. The van der Waals surface area contributed by atoms with Crippen LogP contribution in [0.25, 0.3) is 5.69 Å². The van der Waals surface area contributed by atoms with Crippen LogP contribution >= 0.6 is 11.8 Å². The molecular formula is C24H23N5O2S. The van der Waals surface area contributed by atoms with Gasteiger partial charge in [0.15, 0.2) is 0 Å². The van der Waals surface area contributed by atoms with Gasteiger partial charge in [0.2, 0.25) is 11.1 Å². The van der Waals surface area contributed by atoms with Gasteiger partial charge in [0, 0.05) is 0 Å². The molecule has 4 rings (SSSR count). The number of carbonyl (C=O) groups excluding carboxylic acids is 1. The first-order valence-corrected chi connectivity index (χ1v) is 11.1. The second-order valence-corrected chi connectivity index (χ2v) is 8.06. The average molecular weight is 446 g/mol. The fourth-order valence-electron chi connectivity index (χ4n) is 3.26. The Morgan fingerprint density at radius 2 is 1.75 bits per heavy atom. The maximum Gasteiger partial charge on any atom is 0.242 e. The third-order valence-corrected chi connectivity index (χ3v) is 5.98. The standard InChI is InChI=1S/C24H23N5O2S/c1-3-31-21-16-10-8-14-19(21)25-23(30)22(18-12-5-4-6-13-18)32-24-26-27-28-29(24)20-15-9-7-11-17(20)2/h4-16,22H,3H2,1-2H3,(H,25,30). The van der Waals surface area contributed by atoms with Crippen LogP contribution in [0, 0.1) is 6.92 Å². The smallest absolute Gasteiger partial charge is 0.242 e. The predicted octanol–water partition coefficient (Wildman–Crippen LogP) is 4.84. The number of hydrogen-bond acceptors (Lipinski definition) is 6. The van der Waals surface area contributed by atoms with Crippen molar-refractivity contribution in [1.82, 2.24) is 20.2 Å². The summed E-state index contributed by atoms with van der Waals surface area (Å²) in [4.78, 5) is 13.4. The van der Waals surface area contributed by atoms with Crippen LogP contribution in [0.5, 0.6) is 5.75 Å². The number of amides is 1. The van der Waals surface area contributed by atoms with Gasteiger partial charge in [-0.05, 0) is 53.6 Å². The van der Waals surface area contributed by atoms with Crippen molar-refractivity contribution in [2.75, 3.05) is 11.9 Å². The number of hydrogen-bond donors (Lipinski definition) is 1. The molecular weight excluding hydrogens is 422 g/mol. The molecule has 0 saturated heterocycles. The lowest BCUT2D eigenvalue weighted by atomic mass is 10.1. The molecule has 1 N–H and O–H groups in total. The van der Waals surface area contributed by atoms with Gasteiger partial charge in [-0.1, -0.05) is 72.4 Å². The normalized spacial score (nSPS) is 11.7. The average Bonchev–Trinajstić information content (AvgIpc) is 3.28. The first kappa shape index (κ1) is 21.6. The van der Waals surface area contributed by atoms with Gasteiger partial charge in [0.05, 0.1) is 18.0 Å². The van der Waals surface area contributed by atoms with Crippen molar-refractivity contribution in [3.63, 3.8) is 0 Å². The Hall–Kier alpha value is -3.65. The summed E-state index contributed by atoms with van der Waals surface area (Å²) in [6.07, 6.45) is 0. The minimum absolute atomic E-state index is 0.187. The molecule has 4 aromatic rings. The molecule has 0 aliphatic heterocycles. The lowest BCUT2D eigenvalue weighted by Crippen LogP contribution is -2.20. The first-order chi connectivity index (χ1) is 15.7. The molecule has 32 heavy (non-hydrogen) atoms. The Labute approximate surface area is 190 Å². The van der Waals surface area contributed by atoms with E-state index in [9.17, 15) is 4.79 Å². The van der Waals surface area contributed by atoms with Crippen LogP contribution in [0.4, 0.5) is 5.69 Å². The number of aryl methyl sites for hydroxylation is 1. The fraction of sp³-hybridized carbons (Fsp3) is 0.167. The molecule has 1 unspecified atom stereocenters. The van der Waals surface area contributed by atoms with Gasteiger partial charge in [-0.25, -0.2) is 0 Å². The van der Waals surface area contributed by atoms with E-state index in [0.717, 1.165) is 16.8 Å². The van der Waals surface area contributed by atoms with E-state index in [2.05, 4.69) is 20.8 Å². The van der Waals surface area contributed by atoms with Gasteiger partial charge in [0.1, 0.15) is 11.0 Å². The molecule has 162 valence electrons. The molecule has 0 spiro atoms. The Morgan fingerprint density at radius 3 is 2.53 bits per heavy atom. The van der Waals surface area contributed by atoms with Crippen LogP contribution < -0.4 is 10.1 Å². The summed E-state index contributed by atoms with van der Waals surface area (Å²) in [6.45, 7) is 4.42. The molecule has 1 aromatic heterocycles. The fourth-order valence-corrected chi connectivity index (χ4v) is 4.25.